The van der Waals surface area contributed by atoms with Gasteiger partial charge in [0.15, 0.2) is 16.4 Å². The van der Waals surface area contributed by atoms with E-state index < -0.39 is 9.84 Å². The van der Waals surface area contributed by atoms with Crippen molar-refractivity contribution in [3.05, 3.63) is 23.8 Å². The Labute approximate surface area is 118 Å². The van der Waals surface area contributed by atoms with Gasteiger partial charge >= 0.3 is 0 Å². The van der Waals surface area contributed by atoms with Crippen molar-refractivity contribution in [1.29, 1.82) is 0 Å². The van der Waals surface area contributed by atoms with Crippen LogP contribution in [0.4, 0.5) is 5.69 Å². The summed E-state index contributed by atoms with van der Waals surface area (Å²) in [6.45, 7) is 1.70. The first kappa shape index (κ1) is 14.6. The molecular weight excluding hydrogens is 280 g/mol. The van der Waals surface area contributed by atoms with E-state index in [2.05, 4.69) is 5.32 Å². The zero-order valence-corrected chi connectivity index (χ0v) is 12.1. The standard InChI is InChI=1S/C13H18N2O4S/c1-9-6-10(14)2-3-12(9)19-7-13(16)15-11-4-5-20(17,18)8-11/h2-3,6,11H,4-5,7-8,14H2,1H3,(H,15,16). The highest BCUT2D eigenvalue weighted by atomic mass is 32.2. The van der Waals surface area contributed by atoms with Crippen molar-refractivity contribution in [3.63, 3.8) is 0 Å². The van der Waals surface area contributed by atoms with E-state index in [1.807, 2.05) is 6.92 Å². The highest BCUT2D eigenvalue weighted by molar-refractivity contribution is 7.91. The van der Waals surface area contributed by atoms with Gasteiger partial charge in [0.1, 0.15) is 5.75 Å². The molecule has 1 aliphatic rings. The van der Waals surface area contributed by atoms with Gasteiger partial charge in [-0.1, -0.05) is 0 Å². The Bertz CT molecular complexity index is 613. The fourth-order valence-electron chi connectivity index (χ4n) is 2.16. The number of ether oxygens (including phenoxy) is 1. The van der Waals surface area contributed by atoms with Crippen LogP contribution >= 0.6 is 0 Å². The number of rotatable bonds is 4. The van der Waals surface area contributed by atoms with Gasteiger partial charge in [-0.3, -0.25) is 4.79 Å². The van der Waals surface area contributed by atoms with E-state index in [9.17, 15) is 13.2 Å². The summed E-state index contributed by atoms with van der Waals surface area (Å²) < 4.78 is 28.0. The van der Waals surface area contributed by atoms with E-state index in [0.29, 0.717) is 17.9 Å². The lowest BCUT2D eigenvalue weighted by Crippen LogP contribution is -2.38. The molecule has 0 aliphatic carbocycles. The van der Waals surface area contributed by atoms with Crippen LogP contribution in [0.2, 0.25) is 0 Å². The zero-order chi connectivity index (χ0) is 14.8. The summed E-state index contributed by atoms with van der Waals surface area (Å²) in [4.78, 5) is 11.7. The predicted molar refractivity (Wildman–Crippen MR) is 76.3 cm³/mol. The molecule has 1 unspecified atom stereocenters. The second-order valence-corrected chi connectivity index (χ2v) is 7.21. The van der Waals surface area contributed by atoms with Gasteiger partial charge in [0.2, 0.25) is 0 Å². The first-order valence-corrected chi connectivity index (χ1v) is 8.16. The van der Waals surface area contributed by atoms with E-state index in [1.54, 1.807) is 18.2 Å². The maximum atomic E-state index is 11.7. The molecule has 1 amide bonds. The van der Waals surface area contributed by atoms with Gasteiger partial charge in [-0.25, -0.2) is 8.42 Å². The Balaban J connectivity index is 1.84. The number of hydrogen-bond donors (Lipinski definition) is 2. The zero-order valence-electron chi connectivity index (χ0n) is 11.3. The average molecular weight is 298 g/mol. The largest absolute Gasteiger partial charge is 0.484 e. The lowest BCUT2D eigenvalue weighted by atomic mass is 10.2. The third kappa shape index (κ3) is 3.86. The molecule has 7 heteroatoms. The van der Waals surface area contributed by atoms with Crippen LogP contribution in [-0.2, 0) is 14.6 Å². The molecule has 1 heterocycles. The van der Waals surface area contributed by atoms with Crippen molar-refractivity contribution in [2.24, 2.45) is 0 Å². The van der Waals surface area contributed by atoms with Crippen molar-refractivity contribution in [2.45, 2.75) is 19.4 Å². The topological polar surface area (TPSA) is 98.5 Å². The van der Waals surface area contributed by atoms with Gasteiger partial charge in [-0.05, 0) is 37.1 Å². The van der Waals surface area contributed by atoms with Crippen molar-refractivity contribution in [1.82, 2.24) is 5.32 Å². The number of nitrogens with one attached hydrogen (secondary N) is 1. The van der Waals surface area contributed by atoms with Crippen molar-refractivity contribution in [2.75, 3.05) is 23.8 Å². The number of amides is 1. The van der Waals surface area contributed by atoms with Crippen LogP contribution in [0.25, 0.3) is 0 Å². The van der Waals surface area contributed by atoms with Crippen molar-refractivity contribution < 1.29 is 17.9 Å². The number of carbonyl (C=O) groups is 1. The quantitative estimate of drug-likeness (QED) is 0.777. The fraction of sp³-hybridized carbons (Fsp3) is 0.462. The van der Waals surface area contributed by atoms with E-state index in [-0.39, 0.29) is 30.1 Å². The molecule has 0 radical (unpaired) electrons. The molecule has 0 saturated carbocycles. The number of anilines is 1. The van der Waals surface area contributed by atoms with Crippen LogP contribution in [0.3, 0.4) is 0 Å². The average Bonchev–Trinajstić information content (AvgIpc) is 2.67. The molecule has 1 aliphatic heterocycles. The van der Waals surface area contributed by atoms with Gasteiger partial charge in [0.05, 0.1) is 11.5 Å². The number of carbonyl (C=O) groups excluding carboxylic acids is 1. The van der Waals surface area contributed by atoms with Gasteiger partial charge in [0.25, 0.3) is 5.91 Å². The summed E-state index contributed by atoms with van der Waals surface area (Å²) in [5.41, 5.74) is 7.11. The molecule has 1 atom stereocenters. The number of aryl methyl sites for hydroxylation is 1. The van der Waals surface area contributed by atoms with Crippen LogP contribution in [-0.4, -0.2) is 38.5 Å². The Hall–Kier alpha value is -1.76. The van der Waals surface area contributed by atoms with Crippen molar-refractivity contribution in [3.8, 4) is 5.75 Å². The van der Waals surface area contributed by atoms with Gasteiger partial charge in [-0.15, -0.1) is 0 Å². The molecule has 0 aromatic heterocycles. The number of nitrogen functional groups attached to an aromatic ring is 1. The third-order valence-corrected chi connectivity index (χ3v) is 4.92. The molecule has 1 fully saturated rings. The van der Waals surface area contributed by atoms with Gasteiger partial charge < -0.3 is 15.8 Å². The molecule has 1 aromatic rings. The maximum absolute atomic E-state index is 11.7. The first-order valence-electron chi connectivity index (χ1n) is 6.34. The van der Waals surface area contributed by atoms with E-state index in [0.717, 1.165) is 5.56 Å². The minimum atomic E-state index is -2.99. The highest BCUT2D eigenvalue weighted by Crippen LogP contribution is 2.20. The molecule has 0 bridgehead atoms. The molecule has 0 spiro atoms. The summed E-state index contributed by atoms with van der Waals surface area (Å²) in [6.07, 6.45) is 0.467. The minimum Gasteiger partial charge on any atom is -0.484 e. The minimum absolute atomic E-state index is 0.0135. The van der Waals surface area contributed by atoms with Gasteiger partial charge in [0, 0.05) is 11.7 Å². The third-order valence-electron chi connectivity index (χ3n) is 3.16. The predicted octanol–water partition coefficient (Wildman–Crippen LogP) is 0.259. The Kier molecular flexibility index (Phi) is 4.17. The van der Waals surface area contributed by atoms with Crippen LogP contribution < -0.4 is 15.8 Å². The lowest BCUT2D eigenvalue weighted by molar-refractivity contribution is -0.123. The fourth-order valence-corrected chi connectivity index (χ4v) is 3.83. The Morgan fingerprint density at radius 3 is 2.85 bits per heavy atom. The summed E-state index contributed by atoms with van der Waals surface area (Å²) in [7, 11) is -2.99. The summed E-state index contributed by atoms with van der Waals surface area (Å²) in [5.74, 6) is 0.423. The molecule has 110 valence electrons. The van der Waals surface area contributed by atoms with Crippen LogP contribution in [0.15, 0.2) is 18.2 Å². The number of sulfone groups is 1. The summed E-state index contributed by atoms with van der Waals surface area (Å²) in [6, 6.07) is 4.86. The number of benzene rings is 1. The molecule has 20 heavy (non-hydrogen) atoms. The van der Waals surface area contributed by atoms with E-state index in [1.165, 1.54) is 0 Å². The molecule has 3 N–H and O–H groups in total. The number of nitrogens with two attached hydrogens (primary N) is 1. The normalized spacial score (nSPS) is 20.6. The molecular formula is C13H18N2O4S. The second-order valence-electron chi connectivity index (χ2n) is 4.98. The van der Waals surface area contributed by atoms with Crippen LogP contribution in [0.5, 0.6) is 5.75 Å². The molecule has 1 aromatic carbocycles. The molecule has 6 nitrogen and oxygen atoms in total. The maximum Gasteiger partial charge on any atom is 0.258 e. The molecule has 2 rings (SSSR count). The Morgan fingerprint density at radius 2 is 2.25 bits per heavy atom. The lowest BCUT2D eigenvalue weighted by Gasteiger charge is -2.13. The van der Waals surface area contributed by atoms with Crippen molar-refractivity contribution >= 4 is 21.4 Å². The van der Waals surface area contributed by atoms with Crippen LogP contribution in [0, 0.1) is 6.92 Å². The van der Waals surface area contributed by atoms with E-state index in [4.69, 9.17) is 10.5 Å². The summed E-state index contributed by atoms with van der Waals surface area (Å²) >= 11 is 0. The first-order chi connectivity index (χ1) is 9.35. The van der Waals surface area contributed by atoms with Gasteiger partial charge in [-0.2, -0.15) is 0 Å². The smallest absolute Gasteiger partial charge is 0.258 e. The monoisotopic (exact) mass is 298 g/mol. The van der Waals surface area contributed by atoms with E-state index >= 15 is 0 Å². The second kappa shape index (κ2) is 5.70. The van der Waals surface area contributed by atoms with Crippen LogP contribution in [0.1, 0.15) is 12.0 Å². The SMILES string of the molecule is Cc1cc(N)ccc1OCC(=O)NC1CCS(=O)(=O)C1. The molecule has 1 saturated heterocycles. The number of hydrogen-bond acceptors (Lipinski definition) is 5. The Morgan fingerprint density at radius 1 is 1.50 bits per heavy atom. The summed E-state index contributed by atoms with van der Waals surface area (Å²) in [5, 5.41) is 2.67. The highest BCUT2D eigenvalue weighted by Gasteiger charge is 2.28.